The Morgan fingerprint density at radius 2 is 1.75 bits per heavy atom. The highest BCUT2D eigenvalue weighted by Gasteiger charge is 2.16. The molecule has 2 aromatic carbocycles. The molecule has 1 amide bonds. The summed E-state index contributed by atoms with van der Waals surface area (Å²) in [5.41, 5.74) is 4.77. The number of carbonyl (C=O) groups is 1. The summed E-state index contributed by atoms with van der Waals surface area (Å²) in [6.45, 7) is 1.44. The topological polar surface area (TPSA) is 55.1 Å². The average Bonchev–Trinajstić information content (AvgIpc) is 2.42. The number of amides is 1. The molecule has 0 radical (unpaired) electrons. The fourth-order valence-electron chi connectivity index (χ4n) is 1.64. The van der Waals surface area contributed by atoms with E-state index in [0.717, 1.165) is 18.2 Å². The molecule has 0 bridgehead atoms. The molecule has 0 aliphatic carbocycles. The molecule has 0 heterocycles. The molecule has 0 spiro atoms. The van der Waals surface area contributed by atoms with E-state index in [1.165, 1.54) is 19.1 Å². The van der Waals surface area contributed by atoms with Gasteiger partial charge in [0, 0.05) is 5.56 Å². The monoisotopic (exact) mass is 280 g/mol. The molecule has 2 aromatic rings. The van der Waals surface area contributed by atoms with Crippen LogP contribution in [0.2, 0.25) is 0 Å². The number of halogens is 3. The van der Waals surface area contributed by atoms with Crippen LogP contribution in [0.4, 0.5) is 24.5 Å². The van der Waals surface area contributed by atoms with Crippen molar-refractivity contribution in [2.24, 2.45) is 0 Å². The van der Waals surface area contributed by atoms with Crippen LogP contribution in [-0.4, -0.2) is 5.91 Å². The average molecular weight is 280 g/mol. The largest absolute Gasteiger partial charge is 0.396 e. The van der Waals surface area contributed by atoms with Gasteiger partial charge in [0.2, 0.25) is 0 Å². The molecule has 0 aromatic heterocycles. The number of nitrogens with one attached hydrogen (secondary N) is 1. The predicted molar refractivity (Wildman–Crippen MR) is 69.9 cm³/mol. The van der Waals surface area contributed by atoms with E-state index in [1.54, 1.807) is 0 Å². The summed E-state index contributed by atoms with van der Waals surface area (Å²) in [6, 6.07) is 5.58. The number of aryl methyl sites for hydroxylation is 1. The van der Waals surface area contributed by atoms with Crippen LogP contribution < -0.4 is 11.1 Å². The number of rotatable bonds is 2. The minimum absolute atomic E-state index is 0.00389. The normalized spacial score (nSPS) is 10.4. The lowest BCUT2D eigenvalue weighted by Crippen LogP contribution is -2.15. The highest BCUT2D eigenvalue weighted by atomic mass is 19.1. The van der Waals surface area contributed by atoms with Gasteiger partial charge in [-0.1, -0.05) is 6.07 Å². The second-order valence-electron chi connectivity index (χ2n) is 4.24. The van der Waals surface area contributed by atoms with E-state index in [4.69, 9.17) is 5.73 Å². The maximum atomic E-state index is 13.7. The van der Waals surface area contributed by atoms with Crippen molar-refractivity contribution >= 4 is 17.3 Å². The first-order valence-corrected chi connectivity index (χ1v) is 5.71. The summed E-state index contributed by atoms with van der Waals surface area (Å²) < 4.78 is 40.2. The molecule has 0 aliphatic rings. The fraction of sp³-hybridized carbons (Fsp3) is 0.0714. The van der Waals surface area contributed by atoms with E-state index >= 15 is 0 Å². The minimum Gasteiger partial charge on any atom is -0.396 e. The van der Waals surface area contributed by atoms with E-state index in [2.05, 4.69) is 5.32 Å². The number of hydrogen-bond donors (Lipinski definition) is 2. The Morgan fingerprint density at radius 1 is 1.10 bits per heavy atom. The number of anilines is 2. The van der Waals surface area contributed by atoms with Crippen molar-refractivity contribution < 1.29 is 18.0 Å². The second-order valence-corrected chi connectivity index (χ2v) is 4.24. The molecule has 0 atom stereocenters. The molecule has 0 fully saturated rings. The summed E-state index contributed by atoms with van der Waals surface area (Å²) in [5.74, 6) is -3.19. The molecule has 104 valence electrons. The summed E-state index contributed by atoms with van der Waals surface area (Å²) >= 11 is 0. The van der Waals surface area contributed by atoms with Gasteiger partial charge < -0.3 is 11.1 Å². The number of nitrogen functional groups attached to an aromatic ring is 1. The molecule has 2 rings (SSSR count). The summed E-state index contributed by atoms with van der Waals surface area (Å²) in [4.78, 5) is 11.9. The van der Waals surface area contributed by atoms with E-state index in [1.807, 2.05) is 0 Å². The summed E-state index contributed by atoms with van der Waals surface area (Å²) in [7, 11) is 0. The minimum atomic E-state index is -0.892. The van der Waals surface area contributed by atoms with Gasteiger partial charge in [-0.2, -0.15) is 0 Å². The maximum Gasteiger partial charge on any atom is 0.255 e. The molecule has 3 N–H and O–H groups in total. The summed E-state index contributed by atoms with van der Waals surface area (Å²) in [6.07, 6.45) is 0. The van der Waals surface area contributed by atoms with Crippen LogP contribution in [0, 0.1) is 24.4 Å². The maximum absolute atomic E-state index is 13.7. The van der Waals surface area contributed by atoms with E-state index < -0.39 is 29.0 Å². The number of benzene rings is 2. The highest BCUT2D eigenvalue weighted by molar-refractivity contribution is 6.04. The van der Waals surface area contributed by atoms with Gasteiger partial charge in [-0.05, 0) is 36.8 Å². The fourth-order valence-corrected chi connectivity index (χ4v) is 1.64. The molecule has 3 nitrogen and oxygen atoms in total. The van der Waals surface area contributed by atoms with E-state index in [9.17, 15) is 18.0 Å². The van der Waals surface area contributed by atoms with Crippen LogP contribution in [-0.2, 0) is 0 Å². The van der Waals surface area contributed by atoms with Gasteiger partial charge in [0.05, 0.1) is 5.69 Å². The third-order valence-corrected chi connectivity index (χ3v) is 2.78. The Bertz CT molecular complexity index is 686. The van der Waals surface area contributed by atoms with E-state index in [0.29, 0.717) is 0 Å². The Morgan fingerprint density at radius 3 is 2.40 bits per heavy atom. The smallest absolute Gasteiger partial charge is 0.255 e. The predicted octanol–water partition coefficient (Wildman–Crippen LogP) is 3.25. The zero-order chi connectivity index (χ0) is 14.9. The van der Waals surface area contributed by atoms with Crippen molar-refractivity contribution in [1.29, 1.82) is 0 Å². The standard InChI is InChI=1S/C14H11F3N2O/c1-7-2-4-10(16)13(12(7)17)19-14(20)8-3-5-9(15)11(18)6-8/h2-6H,18H2,1H3,(H,19,20). The van der Waals surface area contributed by atoms with Crippen LogP contribution in [0.3, 0.4) is 0 Å². The van der Waals surface area contributed by atoms with Gasteiger partial charge in [0.1, 0.15) is 17.3 Å². The zero-order valence-corrected chi connectivity index (χ0v) is 10.5. The van der Waals surface area contributed by atoms with E-state index in [-0.39, 0.29) is 16.8 Å². The van der Waals surface area contributed by atoms with Gasteiger partial charge in [0.15, 0.2) is 5.82 Å². The molecule has 0 unspecified atom stereocenters. The SMILES string of the molecule is Cc1ccc(F)c(NC(=O)c2ccc(F)c(N)c2)c1F. The van der Waals surface area contributed by atoms with Crippen molar-refractivity contribution in [3.05, 3.63) is 58.9 Å². The highest BCUT2D eigenvalue weighted by Crippen LogP contribution is 2.22. The van der Waals surface area contributed by atoms with Crippen molar-refractivity contribution in [3.63, 3.8) is 0 Å². The van der Waals surface area contributed by atoms with Gasteiger partial charge in [-0.3, -0.25) is 4.79 Å². The molecule has 6 heteroatoms. The molecular weight excluding hydrogens is 269 g/mol. The van der Waals surface area contributed by atoms with Crippen LogP contribution in [0.15, 0.2) is 30.3 Å². The van der Waals surface area contributed by atoms with Gasteiger partial charge >= 0.3 is 0 Å². The number of nitrogens with two attached hydrogens (primary N) is 1. The molecule has 0 aliphatic heterocycles. The molecule has 0 saturated heterocycles. The summed E-state index contributed by atoms with van der Waals surface area (Å²) in [5, 5.41) is 2.12. The number of carbonyl (C=O) groups excluding carboxylic acids is 1. The van der Waals surface area contributed by atoms with Gasteiger partial charge in [0.25, 0.3) is 5.91 Å². The first kappa shape index (κ1) is 13.9. The lowest BCUT2D eigenvalue weighted by Gasteiger charge is -2.09. The van der Waals surface area contributed by atoms with Crippen LogP contribution >= 0.6 is 0 Å². The van der Waals surface area contributed by atoms with Crippen molar-refractivity contribution in [1.82, 2.24) is 0 Å². The Hall–Kier alpha value is -2.50. The van der Waals surface area contributed by atoms with Crippen LogP contribution in [0.1, 0.15) is 15.9 Å². The third kappa shape index (κ3) is 2.59. The lowest BCUT2D eigenvalue weighted by atomic mass is 10.1. The Kier molecular flexibility index (Phi) is 3.65. The van der Waals surface area contributed by atoms with Crippen molar-refractivity contribution in [2.45, 2.75) is 6.92 Å². The Labute approximate surface area is 113 Å². The second kappa shape index (κ2) is 5.24. The van der Waals surface area contributed by atoms with Gasteiger partial charge in [-0.25, -0.2) is 13.2 Å². The lowest BCUT2D eigenvalue weighted by molar-refractivity contribution is 0.102. The first-order chi connectivity index (χ1) is 9.40. The zero-order valence-electron chi connectivity index (χ0n) is 10.5. The van der Waals surface area contributed by atoms with Gasteiger partial charge in [-0.15, -0.1) is 0 Å². The molecule has 20 heavy (non-hydrogen) atoms. The molecule has 0 saturated carbocycles. The van der Waals surface area contributed by atoms with Crippen LogP contribution in [0.25, 0.3) is 0 Å². The first-order valence-electron chi connectivity index (χ1n) is 5.71. The quantitative estimate of drug-likeness (QED) is 0.830. The Balaban J connectivity index is 2.32. The van der Waals surface area contributed by atoms with Crippen molar-refractivity contribution in [2.75, 3.05) is 11.1 Å². The number of hydrogen-bond acceptors (Lipinski definition) is 2. The third-order valence-electron chi connectivity index (χ3n) is 2.78. The van der Waals surface area contributed by atoms with Crippen molar-refractivity contribution in [3.8, 4) is 0 Å². The molecular formula is C14H11F3N2O. The van der Waals surface area contributed by atoms with Crippen LogP contribution in [0.5, 0.6) is 0 Å².